The molecule has 2 N–H and O–H groups in total. The predicted octanol–water partition coefficient (Wildman–Crippen LogP) is 0.873. The molecular formula is C16H18N6+2. The predicted molar refractivity (Wildman–Crippen MR) is 81.9 cm³/mol. The maximum atomic E-state index is 4.66. The summed E-state index contributed by atoms with van der Waals surface area (Å²) in [6.45, 7) is 0. The second-order valence-corrected chi connectivity index (χ2v) is 5.58. The number of rotatable bonds is 3. The van der Waals surface area contributed by atoms with E-state index >= 15 is 0 Å². The molecule has 110 valence electrons. The number of imidazole rings is 2. The van der Waals surface area contributed by atoms with Crippen LogP contribution in [0.4, 0.5) is 0 Å². The lowest BCUT2D eigenvalue weighted by Gasteiger charge is -1.86. The molecule has 0 aromatic carbocycles. The monoisotopic (exact) mass is 294 g/mol. The number of hydrogen-bond acceptors (Lipinski definition) is 2. The normalized spacial score (nSPS) is 11.5. The van der Waals surface area contributed by atoms with Gasteiger partial charge in [-0.3, -0.25) is 0 Å². The van der Waals surface area contributed by atoms with Crippen LogP contribution in [0.3, 0.4) is 0 Å². The van der Waals surface area contributed by atoms with Crippen molar-refractivity contribution in [2.45, 2.75) is 12.8 Å². The Morgan fingerprint density at radius 1 is 0.818 bits per heavy atom. The Kier molecular flexibility index (Phi) is 2.89. The third-order valence-electron chi connectivity index (χ3n) is 3.93. The molecule has 4 aromatic rings. The van der Waals surface area contributed by atoms with Crippen molar-refractivity contribution in [2.24, 2.45) is 14.1 Å². The zero-order chi connectivity index (χ0) is 15.1. The van der Waals surface area contributed by atoms with Crippen molar-refractivity contribution in [1.82, 2.24) is 19.9 Å². The zero-order valence-corrected chi connectivity index (χ0v) is 12.7. The van der Waals surface area contributed by atoms with Crippen LogP contribution in [0.5, 0.6) is 0 Å². The molecule has 22 heavy (non-hydrogen) atoms. The number of hydrogen-bond donors (Lipinski definition) is 2. The van der Waals surface area contributed by atoms with Crippen molar-refractivity contribution < 1.29 is 9.13 Å². The summed E-state index contributed by atoms with van der Waals surface area (Å²) in [7, 11) is 4.01. The number of nitrogens with one attached hydrogen (secondary N) is 2. The summed E-state index contributed by atoms with van der Waals surface area (Å²) in [6, 6.07) is 8.13. The van der Waals surface area contributed by atoms with Crippen LogP contribution in [-0.4, -0.2) is 19.9 Å². The molecule has 0 aliphatic heterocycles. The van der Waals surface area contributed by atoms with Gasteiger partial charge in [0.15, 0.2) is 0 Å². The summed E-state index contributed by atoms with van der Waals surface area (Å²) in [5, 5.41) is 0. The SMILES string of the molecule is C[n+]1cccc2[nH]c(CCc3nc4c(ccc[n+]4C)[nH]3)nc21. The van der Waals surface area contributed by atoms with Crippen LogP contribution >= 0.6 is 0 Å². The number of H-pyrrole nitrogens is 2. The highest BCUT2D eigenvalue weighted by molar-refractivity contribution is 5.67. The molecule has 0 radical (unpaired) electrons. The minimum absolute atomic E-state index is 0.832. The molecule has 0 bridgehead atoms. The summed E-state index contributed by atoms with van der Waals surface area (Å²) in [4.78, 5) is 16.1. The summed E-state index contributed by atoms with van der Waals surface area (Å²) in [5.41, 5.74) is 4.09. The van der Waals surface area contributed by atoms with Gasteiger partial charge in [0.05, 0.1) is 26.5 Å². The van der Waals surface area contributed by atoms with Gasteiger partial charge in [-0.25, -0.2) is 9.13 Å². The molecular weight excluding hydrogens is 276 g/mol. The number of pyridine rings is 2. The fourth-order valence-electron chi connectivity index (χ4n) is 2.78. The molecule has 0 aliphatic carbocycles. The minimum Gasteiger partial charge on any atom is -0.316 e. The van der Waals surface area contributed by atoms with E-state index in [1.54, 1.807) is 0 Å². The highest BCUT2D eigenvalue weighted by Gasteiger charge is 2.17. The summed E-state index contributed by atoms with van der Waals surface area (Å²) < 4.78 is 4.05. The smallest absolute Gasteiger partial charge is 0.316 e. The quantitative estimate of drug-likeness (QED) is 0.551. The molecule has 4 heterocycles. The van der Waals surface area contributed by atoms with Crippen LogP contribution < -0.4 is 9.13 Å². The molecule has 0 unspecified atom stereocenters. The molecule has 4 aromatic heterocycles. The summed E-state index contributed by atoms with van der Waals surface area (Å²) in [5.74, 6) is 1.98. The van der Waals surface area contributed by atoms with Gasteiger partial charge in [-0.2, -0.15) is 0 Å². The lowest BCUT2D eigenvalue weighted by Crippen LogP contribution is -2.28. The highest BCUT2D eigenvalue weighted by Crippen LogP contribution is 2.10. The van der Waals surface area contributed by atoms with Gasteiger partial charge in [0.2, 0.25) is 11.6 Å². The van der Waals surface area contributed by atoms with E-state index in [4.69, 9.17) is 0 Å². The molecule has 0 atom stereocenters. The largest absolute Gasteiger partial charge is 0.348 e. The van der Waals surface area contributed by atoms with Crippen molar-refractivity contribution in [3.05, 3.63) is 48.3 Å². The standard InChI is InChI=1S/C16H16N6/c1-21-9-3-5-11-15(21)19-13(17-11)7-8-14-18-12-6-4-10-22(2)16(12)20-14/h3-6,9-10H,7-8H2,1-2H3/p+2. The summed E-state index contributed by atoms with van der Waals surface area (Å²) in [6.07, 6.45) is 5.68. The first kappa shape index (κ1) is 12.9. The van der Waals surface area contributed by atoms with Gasteiger partial charge in [-0.05, 0) is 34.2 Å². The van der Waals surface area contributed by atoms with Crippen LogP contribution in [0, 0.1) is 0 Å². The van der Waals surface area contributed by atoms with Crippen molar-refractivity contribution in [3.8, 4) is 0 Å². The average Bonchev–Trinajstić information content (AvgIpc) is 3.10. The van der Waals surface area contributed by atoms with Crippen LogP contribution in [-0.2, 0) is 26.9 Å². The zero-order valence-electron chi connectivity index (χ0n) is 12.7. The van der Waals surface area contributed by atoms with E-state index in [0.29, 0.717) is 0 Å². The Labute approximate surface area is 127 Å². The third-order valence-corrected chi connectivity index (χ3v) is 3.93. The molecule has 0 aliphatic rings. The van der Waals surface area contributed by atoms with Gasteiger partial charge < -0.3 is 9.97 Å². The van der Waals surface area contributed by atoms with E-state index in [2.05, 4.69) is 19.9 Å². The van der Waals surface area contributed by atoms with E-state index in [-0.39, 0.29) is 0 Å². The molecule has 0 amide bonds. The van der Waals surface area contributed by atoms with Gasteiger partial charge in [-0.15, -0.1) is 0 Å². The number of aryl methyl sites for hydroxylation is 4. The lowest BCUT2D eigenvalue weighted by molar-refractivity contribution is -0.646. The Bertz CT molecular complexity index is 885. The Morgan fingerprint density at radius 3 is 1.68 bits per heavy atom. The topological polar surface area (TPSA) is 65.1 Å². The maximum Gasteiger partial charge on any atom is 0.348 e. The number of nitrogens with zero attached hydrogens (tertiary/aromatic N) is 4. The number of aromatic nitrogens is 6. The van der Waals surface area contributed by atoms with Gasteiger partial charge in [-0.1, -0.05) is 0 Å². The number of fused-ring (bicyclic) bond motifs is 2. The Hall–Kier alpha value is -2.76. The molecule has 6 nitrogen and oxygen atoms in total. The molecule has 6 heteroatoms. The fraction of sp³-hybridized carbons (Fsp3) is 0.250. The first-order chi connectivity index (χ1) is 10.7. The van der Waals surface area contributed by atoms with Gasteiger partial charge in [0.1, 0.15) is 11.0 Å². The maximum absolute atomic E-state index is 4.66. The van der Waals surface area contributed by atoms with Gasteiger partial charge in [0.25, 0.3) is 0 Å². The fourth-order valence-corrected chi connectivity index (χ4v) is 2.78. The Morgan fingerprint density at radius 2 is 1.27 bits per heavy atom. The average molecular weight is 294 g/mol. The van der Waals surface area contributed by atoms with Crippen LogP contribution in [0.1, 0.15) is 11.6 Å². The molecule has 0 saturated carbocycles. The molecule has 4 rings (SSSR count). The Balaban J connectivity index is 1.60. The molecule has 0 spiro atoms. The number of aromatic amines is 2. The second kappa shape index (κ2) is 4.91. The third kappa shape index (κ3) is 2.13. The van der Waals surface area contributed by atoms with Crippen molar-refractivity contribution in [3.63, 3.8) is 0 Å². The van der Waals surface area contributed by atoms with Crippen LogP contribution in [0.15, 0.2) is 36.7 Å². The first-order valence-electron chi connectivity index (χ1n) is 7.37. The molecule has 0 saturated heterocycles. The van der Waals surface area contributed by atoms with E-state index in [9.17, 15) is 0 Å². The van der Waals surface area contributed by atoms with Crippen LogP contribution in [0.2, 0.25) is 0 Å². The van der Waals surface area contributed by atoms with E-state index in [0.717, 1.165) is 46.8 Å². The van der Waals surface area contributed by atoms with Crippen molar-refractivity contribution in [1.29, 1.82) is 0 Å². The van der Waals surface area contributed by atoms with Gasteiger partial charge >= 0.3 is 11.3 Å². The second-order valence-electron chi connectivity index (χ2n) is 5.58. The summed E-state index contributed by atoms with van der Waals surface area (Å²) >= 11 is 0. The van der Waals surface area contributed by atoms with Crippen molar-refractivity contribution >= 4 is 22.3 Å². The van der Waals surface area contributed by atoms with E-state index < -0.39 is 0 Å². The molecule has 0 fully saturated rings. The lowest BCUT2D eigenvalue weighted by atomic mass is 10.3. The van der Waals surface area contributed by atoms with Crippen LogP contribution in [0.25, 0.3) is 22.3 Å². The minimum atomic E-state index is 0.832. The highest BCUT2D eigenvalue weighted by atomic mass is 15.1. The first-order valence-corrected chi connectivity index (χ1v) is 7.37. The van der Waals surface area contributed by atoms with Gasteiger partial charge in [0, 0.05) is 12.8 Å². The van der Waals surface area contributed by atoms with E-state index in [1.165, 1.54) is 0 Å². The van der Waals surface area contributed by atoms with Crippen molar-refractivity contribution in [2.75, 3.05) is 0 Å². The van der Waals surface area contributed by atoms with E-state index in [1.807, 2.05) is 59.9 Å².